The topological polar surface area (TPSA) is 72.7 Å². The molecular weight excluding hydrogens is 347 g/mol. The van der Waals surface area contributed by atoms with Crippen LogP contribution in [0.3, 0.4) is 0 Å². The molecule has 3 rings (SSSR count). The van der Waals surface area contributed by atoms with Crippen molar-refractivity contribution in [2.75, 3.05) is 6.54 Å². The lowest BCUT2D eigenvalue weighted by Crippen LogP contribution is -2.31. The highest BCUT2D eigenvalue weighted by molar-refractivity contribution is 5.92. The molecule has 0 bridgehead atoms. The number of hydrogen-bond donors (Lipinski definition) is 1. The maximum atomic E-state index is 13.6. The molecule has 0 radical (unpaired) electrons. The molecular formula is C17H16F3N5O. The highest BCUT2D eigenvalue weighted by Gasteiger charge is 2.35. The molecule has 26 heavy (non-hydrogen) atoms. The van der Waals surface area contributed by atoms with Crippen LogP contribution in [0.5, 0.6) is 0 Å². The minimum absolute atomic E-state index is 0.0826. The van der Waals surface area contributed by atoms with Gasteiger partial charge in [-0.3, -0.25) is 4.57 Å². The Labute approximate surface area is 147 Å². The molecule has 0 unspecified atom stereocenters. The van der Waals surface area contributed by atoms with Crippen LogP contribution >= 0.6 is 0 Å². The van der Waals surface area contributed by atoms with Crippen LogP contribution in [0.15, 0.2) is 37.2 Å². The summed E-state index contributed by atoms with van der Waals surface area (Å²) in [6.45, 7) is 4.24. The van der Waals surface area contributed by atoms with E-state index in [-0.39, 0.29) is 28.1 Å². The maximum Gasteiger partial charge on any atom is 0.417 e. The number of carbonyl (C=O) groups is 1. The van der Waals surface area contributed by atoms with Gasteiger partial charge in [0.15, 0.2) is 0 Å². The zero-order valence-electron chi connectivity index (χ0n) is 14.1. The lowest BCUT2D eigenvalue weighted by Gasteiger charge is -2.14. The zero-order valence-corrected chi connectivity index (χ0v) is 14.1. The van der Waals surface area contributed by atoms with Gasteiger partial charge < -0.3 is 5.32 Å². The SMILES string of the molecule is CC(C)CNC(=O)n1cnc2cc(-c3cncnc3)c(C(F)(F)F)cc21. The van der Waals surface area contributed by atoms with Crippen LogP contribution in [0, 0.1) is 5.92 Å². The van der Waals surface area contributed by atoms with Crippen molar-refractivity contribution in [1.82, 2.24) is 24.8 Å². The summed E-state index contributed by atoms with van der Waals surface area (Å²) in [4.78, 5) is 23.9. The maximum absolute atomic E-state index is 13.6. The lowest BCUT2D eigenvalue weighted by molar-refractivity contribution is -0.137. The highest BCUT2D eigenvalue weighted by atomic mass is 19.4. The fourth-order valence-electron chi connectivity index (χ4n) is 2.51. The molecule has 0 aliphatic carbocycles. The summed E-state index contributed by atoms with van der Waals surface area (Å²) in [7, 11) is 0. The van der Waals surface area contributed by atoms with Gasteiger partial charge >= 0.3 is 12.2 Å². The van der Waals surface area contributed by atoms with Gasteiger partial charge in [0.25, 0.3) is 0 Å². The van der Waals surface area contributed by atoms with Gasteiger partial charge in [0, 0.05) is 24.5 Å². The third-order valence-corrected chi connectivity index (χ3v) is 3.74. The number of amides is 1. The Bertz CT molecular complexity index is 935. The Hall–Kier alpha value is -2.97. The summed E-state index contributed by atoms with van der Waals surface area (Å²) >= 11 is 0. The van der Waals surface area contributed by atoms with Crippen LogP contribution < -0.4 is 5.32 Å². The van der Waals surface area contributed by atoms with Crippen molar-refractivity contribution in [3.8, 4) is 11.1 Å². The van der Waals surface area contributed by atoms with E-state index in [1.165, 1.54) is 31.1 Å². The highest BCUT2D eigenvalue weighted by Crippen LogP contribution is 2.38. The van der Waals surface area contributed by atoms with Gasteiger partial charge in [0.1, 0.15) is 12.7 Å². The second-order valence-electron chi connectivity index (χ2n) is 6.21. The number of carbonyl (C=O) groups excluding carboxylic acids is 1. The second kappa shape index (κ2) is 6.74. The summed E-state index contributed by atoms with van der Waals surface area (Å²) in [6, 6.07) is 1.70. The predicted octanol–water partition coefficient (Wildman–Crippen LogP) is 3.73. The number of hydrogen-bond acceptors (Lipinski definition) is 4. The Morgan fingerprint density at radius 1 is 1.23 bits per heavy atom. The standard InChI is InChI=1S/C17H16F3N5O/c1-10(2)5-23-16(26)25-9-24-14-3-12(11-6-21-8-22-7-11)13(4-15(14)25)17(18,19)20/h3-4,6-10H,5H2,1-2H3,(H,23,26). The first-order valence-electron chi connectivity index (χ1n) is 7.89. The van der Waals surface area contributed by atoms with Crippen molar-refractivity contribution in [3.05, 3.63) is 42.7 Å². The van der Waals surface area contributed by atoms with Crippen LogP contribution in [0.4, 0.5) is 18.0 Å². The molecule has 2 aromatic heterocycles. The van der Waals surface area contributed by atoms with Gasteiger partial charge in [0.05, 0.1) is 16.6 Å². The molecule has 0 aliphatic rings. The largest absolute Gasteiger partial charge is 0.417 e. The molecule has 6 nitrogen and oxygen atoms in total. The number of alkyl halides is 3. The number of imidazole rings is 1. The number of aromatic nitrogens is 4. The van der Waals surface area contributed by atoms with Crippen LogP contribution in [0.25, 0.3) is 22.2 Å². The first kappa shape index (κ1) is 17.8. The monoisotopic (exact) mass is 363 g/mol. The van der Waals surface area contributed by atoms with Crippen molar-refractivity contribution in [3.63, 3.8) is 0 Å². The van der Waals surface area contributed by atoms with E-state index < -0.39 is 17.8 Å². The van der Waals surface area contributed by atoms with Crippen molar-refractivity contribution < 1.29 is 18.0 Å². The van der Waals surface area contributed by atoms with E-state index in [1.807, 2.05) is 13.8 Å². The molecule has 3 aromatic rings. The number of nitrogens with zero attached hydrogens (tertiary/aromatic N) is 4. The summed E-state index contributed by atoms with van der Waals surface area (Å²) in [5, 5.41) is 2.66. The van der Waals surface area contributed by atoms with E-state index in [0.717, 1.165) is 10.6 Å². The number of nitrogens with one attached hydrogen (secondary N) is 1. The summed E-state index contributed by atoms with van der Waals surface area (Å²) in [5.74, 6) is 0.212. The van der Waals surface area contributed by atoms with Crippen molar-refractivity contribution in [2.45, 2.75) is 20.0 Å². The molecule has 0 saturated carbocycles. The smallest absolute Gasteiger partial charge is 0.337 e. The molecule has 1 N–H and O–H groups in total. The van der Waals surface area contributed by atoms with Gasteiger partial charge in [-0.15, -0.1) is 0 Å². The predicted molar refractivity (Wildman–Crippen MR) is 89.4 cm³/mol. The normalized spacial score (nSPS) is 11.9. The lowest BCUT2D eigenvalue weighted by atomic mass is 10.0. The second-order valence-corrected chi connectivity index (χ2v) is 6.21. The van der Waals surface area contributed by atoms with E-state index in [4.69, 9.17) is 0 Å². The number of rotatable bonds is 3. The number of halogens is 3. The summed E-state index contributed by atoms with van der Waals surface area (Å²) in [5.41, 5.74) is -0.382. The molecule has 1 amide bonds. The third-order valence-electron chi connectivity index (χ3n) is 3.74. The van der Waals surface area contributed by atoms with E-state index in [2.05, 4.69) is 20.3 Å². The van der Waals surface area contributed by atoms with E-state index in [9.17, 15) is 18.0 Å². The minimum Gasteiger partial charge on any atom is -0.337 e. The molecule has 9 heteroatoms. The quantitative estimate of drug-likeness (QED) is 0.770. The summed E-state index contributed by atoms with van der Waals surface area (Å²) in [6.07, 6.45) is 0.448. The summed E-state index contributed by atoms with van der Waals surface area (Å²) < 4.78 is 41.8. The molecule has 1 aromatic carbocycles. The van der Waals surface area contributed by atoms with Gasteiger partial charge in [0.2, 0.25) is 0 Å². The molecule has 0 spiro atoms. The fraction of sp³-hybridized carbons (Fsp3) is 0.294. The molecule has 0 aliphatic heterocycles. The van der Waals surface area contributed by atoms with Crippen LogP contribution in [0.2, 0.25) is 0 Å². The molecule has 0 atom stereocenters. The van der Waals surface area contributed by atoms with Crippen molar-refractivity contribution in [1.29, 1.82) is 0 Å². The average molecular weight is 363 g/mol. The fourth-order valence-corrected chi connectivity index (χ4v) is 2.51. The first-order chi connectivity index (χ1) is 12.3. The van der Waals surface area contributed by atoms with Crippen LogP contribution in [-0.2, 0) is 6.18 Å². The zero-order chi connectivity index (χ0) is 18.9. The van der Waals surface area contributed by atoms with Crippen LogP contribution in [0.1, 0.15) is 19.4 Å². The Balaban J connectivity index is 2.13. The first-order valence-corrected chi connectivity index (χ1v) is 7.89. The number of fused-ring (bicyclic) bond motifs is 1. The van der Waals surface area contributed by atoms with Crippen LogP contribution in [-0.4, -0.2) is 32.1 Å². The molecule has 136 valence electrons. The van der Waals surface area contributed by atoms with Gasteiger partial charge in [-0.2, -0.15) is 13.2 Å². The molecule has 0 saturated heterocycles. The van der Waals surface area contributed by atoms with Crippen molar-refractivity contribution >= 4 is 17.1 Å². The molecule has 0 fully saturated rings. The van der Waals surface area contributed by atoms with Gasteiger partial charge in [-0.05, 0) is 23.6 Å². The third kappa shape index (κ3) is 3.51. The van der Waals surface area contributed by atoms with Gasteiger partial charge in [-0.1, -0.05) is 13.8 Å². The Morgan fingerprint density at radius 3 is 2.54 bits per heavy atom. The van der Waals surface area contributed by atoms with Crippen molar-refractivity contribution in [2.24, 2.45) is 5.92 Å². The minimum atomic E-state index is -4.61. The Kier molecular flexibility index (Phi) is 4.62. The van der Waals surface area contributed by atoms with E-state index in [0.29, 0.717) is 6.54 Å². The Morgan fingerprint density at radius 2 is 1.92 bits per heavy atom. The van der Waals surface area contributed by atoms with Gasteiger partial charge in [-0.25, -0.2) is 19.7 Å². The van der Waals surface area contributed by atoms with E-state index in [1.54, 1.807) is 0 Å². The average Bonchev–Trinajstić information content (AvgIpc) is 3.01. The number of benzene rings is 1. The molecule has 2 heterocycles. The van der Waals surface area contributed by atoms with E-state index >= 15 is 0 Å².